The van der Waals surface area contributed by atoms with Crippen molar-refractivity contribution in [1.29, 1.82) is 0 Å². The van der Waals surface area contributed by atoms with E-state index < -0.39 is 0 Å². The van der Waals surface area contributed by atoms with Crippen LogP contribution in [-0.2, 0) is 14.3 Å². The maximum atomic E-state index is 12.5. The molecule has 0 bridgehead atoms. The molecule has 0 spiro atoms. The number of methoxy groups -OCH3 is 1. The molecule has 1 fully saturated rings. The second-order valence-electron chi connectivity index (χ2n) is 6.38. The fraction of sp³-hybridized carbons (Fsp3) is 0.875. The molecule has 22 heavy (non-hydrogen) atoms. The molecule has 2 unspecified atom stereocenters. The summed E-state index contributed by atoms with van der Waals surface area (Å²) in [5, 5.41) is 3.39. The van der Waals surface area contributed by atoms with Crippen LogP contribution in [0.25, 0.3) is 0 Å². The molecule has 1 heterocycles. The van der Waals surface area contributed by atoms with Crippen molar-refractivity contribution < 1.29 is 14.3 Å². The first-order valence-corrected chi connectivity index (χ1v) is 8.13. The smallest absolute Gasteiger partial charge is 0.241 e. The number of piperidine rings is 1. The molecule has 1 saturated heterocycles. The number of carbonyl (C=O) groups is 2. The second kappa shape index (κ2) is 9.79. The third-order valence-electron chi connectivity index (χ3n) is 4.38. The Morgan fingerprint density at radius 2 is 2.05 bits per heavy atom. The Bertz CT molecular complexity index is 355. The van der Waals surface area contributed by atoms with Gasteiger partial charge in [0.2, 0.25) is 11.8 Å². The van der Waals surface area contributed by atoms with E-state index in [0.29, 0.717) is 31.4 Å². The van der Waals surface area contributed by atoms with Gasteiger partial charge in [-0.25, -0.2) is 0 Å². The second-order valence-corrected chi connectivity index (χ2v) is 6.38. The quantitative estimate of drug-likeness (QED) is 0.712. The van der Waals surface area contributed by atoms with E-state index in [4.69, 9.17) is 4.74 Å². The lowest BCUT2D eigenvalue weighted by atomic mass is 9.85. The molecule has 2 atom stereocenters. The molecule has 1 aliphatic rings. The van der Waals surface area contributed by atoms with Crippen molar-refractivity contribution in [3.05, 3.63) is 0 Å². The van der Waals surface area contributed by atoms with E-state index in [1.807, 2.05) is 0 Å². The maximum Gasteiger partial charge on any atom is 0.241 e. The molecule has 1 rings (SSSR count). The van der Waals surface area contributed by atoms with Crippen molar-refractivity contribution in [3.63, 3.8) is 0 Å². The van der Waals surface area contributed by atoms with Crippen molar-refractivity contribution in [1.82, 2.24) is 15.1 Å². The predicted molar refractivity (Wildman–Crippen MR) is 86.5 cm³/mol. The summed E-state index contributed by atoms with van der Waals surface area (Å²) in [5.74, 6) is 0.869. The number of ether oxygens (including phenoxy) is 1. The van der Waals surface area contributed by atoms with E-state index in [1.165, 1.54) is 17.7 Å². The molecule has 0 aromatic heterocycles. The van der Waals surface area contributed by atoms with Crippen LogP contribution >= 0.6 is 0 Å². The Morgan fingerprint density at radius 3 is 2.59 bits per heavy atom. The number of carbonyl (C=O) groups excluding carboxylic acids is 2. The minimum absolute atomic E-state index is 0.0466. The van der Waals surface area contributed by atoms with Gasteiger partial charge in [0.05, 0.1) is 13.2 Å². The summed E-state index contributed by atoms with van der Waals surface area (Å²) in [4.78, 5) is 27.6. The summed E-state index contributed by atoms with van der Waals surface area (Å²) in [7, 11) is 5.02. The summed E-state index contributed by atoms with van der Waals surface area (Å²) < 4.78 is 5.06. The van der Waals surface area contributed by atoms with Gasteiger partial charge >= 0.3 is 0 Å². The van der Waals surface area contributed by atoms with Crippen molar-refractivity contribution >= 4 is 11.8 Å². The average Bonchev–Trinajstić information content (AvgIpc) is 2.51. The van der Waals surface area contributed by atoms with Crippen LogP contribution in [0.2, 0.25) is 0 Å². The van der Waals surface area contributed by atoms with Gasteiger partial charge in [-0.05, 0) is 37.8 Å². The fourth-order valence-electron chi connectivity index (χ4n) is 2.73. The molecule has 128 valence electrons. The molecular formula is C16H31N3O3. The zero-order valence-corrected chi connectivity index (χ0v) is 14.4. The number of nitrogens with one attached hydrogen (secondary N) is 1. The zero-order chi connectivity index (χ0) is 16.5. The lowest BCUT2D eigenvalue weighted by Gasteiger charge is -2.30. The largest absolute Gasteiger partial charge is 0.383 e. The van der Waals surface area contributed by atoms with E-state index in [1.54, 1.807) is 26.1 Å². The lowest BCUT2D eigenvalue weighted by Crippen LogP contribution is -2.43. The summed E-state index contributed by atoms with van der Waals surface area (Å²) in [5.41, 5.74) is 0. The normalized spacial score (nSPS) is 19.5. The SMILES string of the molecule is COCCN(CC(=O)N(C)C)C(=O)CC(C)C1CCCNC1. The molecule has 6 nitrogen and oxygen atoms in total. The van der Waals surface area contributed by atoms with Gasteiger partial charge in [0.15, 0.2) is 0 Å². The van der Waals surface area contributed by atoms with Crippen LogP contribution in [0, 0.1) is 11.8 Å². The first-order valence-electron chi connectivity index (χ1n) is 8.13. The molecule has 0 aromatic carbocycles. The molecule has 0 aromatic rings. The van der Waals surface area contributed by atoms with Crippen molar-refractivity contribution in [2.75, 3.05) is 54.0 Å². The third-order valence-corrected chi connectivity index (χ3v) is 4.38. The Labute approximate surface area is 134 Å². The molecule has 0 radical (unpaired) electrons. The molecule has 2 amide bonds. The number of hydrogen-bond acceptors (Lipinski definition) is 4. The molecule has 1 aliphatic heterocycles. The summed E-state index contributed by atoms with van der Waals surface area (Å²) in [6.45, 7) is 5.25. The highest BCUT2D eigenvalue weighted by molar-refractivity contribution is 5.84. The fourth-order valence-corrected chi connectivity index (χ4v) is 2.73. The zero-order valence-electron chi connectivity index (χ0n) is 14.4. The van der Waals surface area contributed by atoms with Gasteiger partial charge in [0.25, 0.3) is 0 Å². The highest BCUT2D eigenvalue weighted by atomic mass is 16.5. The summed E-state index contributed by atoms with van der Waals surface area (Å²) in [6.07, 6.45) is 2.85. The Kier molecular flexibility index (Phi) is 8.42. The molecular weight excluding hydrogens is 282 g/mol. The van der Waals surface area contributed by atoms with Crippen LogP contribution in [0.1, 0.15) is 26.2 Å². The molecule has 6 heteroatoms. The number of nitrogens with zero attached hydrogens (tertiary/aromatic N) is 2. The lowest BCUT2D eigenvalue weighted by molar-refractivity contribution is -0.140. The number of hydrogen-bond donors (Lipinski definition) is 1. The molecule has 0 aliphatic carbocycles. The topological polar surface area (TPSA) is 61.9 Å². The first-order chi connectivity index (χ1) is 10.5. The summed E-state index contributed by atoms with van der Waals surface area (Å²) in [6, 6.07) is 0. The number of likely N-dealkylation sites (N-methyl/N-ethyl adjacent to an activating group) is 1. The summed E-state index contributed by atoms with van der Waals surface area (Å²) >= 11 is 0. The van der Waals surface area contributed by atoms with Gasteiger partial charge < -0.3 is 19.9 Å². The van der Waals surface area contributed by atoms with Crippen LogP contribution in [0.4, 0.5) is 0 Å². The van der Waals surface area contributed by atoms with Gasteiger partial charge in [-0.2, -0.15) is 0 Å². The Balaban J connectivity index is 2.55. The average molecular weight is 313 g/mol. The predicted octanol–water partition coefficient (Wildman–Crippen LogP) is 0.575. The Morgan fingerprint density at radius 1 is 1.32 bits per heavy atom. The van der Waals surface area contributed by atoms with E-state index >= 15 is 0 Å². The van der Waals surface area contributed by atoms with Gasteiger partial charge in [0.1, 0.15) is 0 Å². The van der Waals surface area contributed by atoms with Crippen molar-refractivity contribution in [2.24, 2.45) is 11.8 Å². The first kappa shape index (κ1) is 18.9. The molecule has 0 saturated carbocycles. The van der Waals surface area contributed by atoms with Crippen LogP contribution in [0.15, 0.2) is 0 Å². The van der Waals surface area contributed by atoms with Gasteiger partial charge in [-0.15, -0.1) is 0 Å². The number of amides is 2. The van der Waals surface area contributed by atoms with Crippen LogP contribution < -0.4 is 5.32 Å². The van der Waals surface area contributed by atoms with E-state index in [2.05, 4.69) is 12.2 Å². The highest BCUT2D eigenvalue weighted by Gasteiger charge is 2.25. The minimum atomic E-state index is -0.0589. The van der Waals surface area contributed by atoms with Crippen molar-refractivity contribution in [3.8, 4) is 0 Å². The van der Waals surface area contributed by atoms with Gasteiger partial charge in [0, 0.05) is 34.2 Å². The monoisotopic (exact) mass is 313 g/mol. The van der Waals surface area contributed by atoms with Gasteiger partial charge in [-0.3, -0.25) is 9.59 Å². The van der Waals surface area contributed by atoms with E-state index in [9.17, 15) is 9.59 Å². The van der Waals surface area contributed by atoms with E-state index in [0.717, 1.165) is 13.1 Å². The van der Waals surface area contributed by atoms with Crippen LogP contribution in [0.5, 0.6) is 0 Å². The Hall–Kier alpha value is -1.14. The van der Waals surface area contributed by atoms with Gasteiger partial charge in [-0.1, -0.05) is 6.92 Å². The van der Waals surface area contributed by atoms with Crippen LogP contribution in [0.3, 0.4) is 0 Å². The standard InChI is InChI=1S/C16H31N3O3/c1-13(14-6-5-7-17-11-14)10-15(20)19(8-9-22-4)12-16(21)18(2)3/h13-14,17H,5-12H2,1-4H3. The third kappa shape index (κ3) is 6.32. The molecule has 1 N–H and O–H groups in total. The number of rotatable bonds is 8. The van der Waals surface area contributed by atoms with E-state index in [-0.39, 0.29) is 18.4 Å². The highest BCUT2D eigenvalue weighted by Crippen LogP contribution is 2.23. The van der Waals surface area contributed by atoms with Crippen LogP contribution in [-0.4, -0.2) is 75.6 Å². The van der Waals surface area contributed by atoms with Crippen molar-refractivity contribution in [2.45, 2.75) is 26.2 Å². The maximum absolute atomic E-state index is 12.5. The minimum Gasteiger partial charge on any atom is -0.383 e.